The summed E-state index contributed by atoms with van der Waals surface area (Å²) >= 11 is 6.21. The van der Waals surface area contributed by atoms with Crippen LogP contribution in [-0.4, -0.2) is 45.8 Å². The highest BCUT2D eigenvalue weighted by Crippen LogP contribution is 2.33. The lowest BCUT2D eigenvalue weighted by atomic mass is 9.88. The molecular weight excluding hydrogens is 610 g/mol. The molecule has 1 fully saturated rings. The van der Waals surface area contributed by atoms with Crippen molar-refractivity contribution in [2.24, 2.45) is 16.8 Å². The van der Waals surface area contributed by atoms with Gasteiger partial charge in [-0.05, 0) is 61.1 Å². The third-order valence-corrected chi connectivity index (χ3v) is 7.56. The summed E-state index contributed by atoms with van der Waals surface area (Å²) in [4.78, 5) is 29.2. The monoisotopic (exact) mass is 652 g/mol. The van der Waals surface area contributed by atoms with Gasteiger partial charge in [0, 0.05) is 52.8 Å². The van der Waals surface area contributed by atoms with Crippen LogP contribution in [0.1, 0.15) is 55.0 Å². The molecule has 1 aliphatic heterocycles. The molecule has 0 saturated carbocycles. The summed E-state index contributed by atoms with van der Waals surface area (Å²) in [5.41, 5.74) is 11.9. The number of carbonyl (C=O) groups is 2. The van der Waals surface area contributed by atoms with Gasteiger partial charge in [-0.15, -0.1) is 17.5 Å². The minimum absolute atomic E-state index is 0.322. The second-order valence-corrected chi connectivity index (χ2v) is 10.7. The number of nitrogens with two attached hydrogens (primary N) is 2. The zero-order valence-electron chi connectivity index (χ0n) is 27.1. The standard InChI is InChI=1S/C26H26ClN7O2.C7H8.C2H6.C2H2/c27-21-5-7-24(34(16-28)32-30)23(14-21)20-4-6-22(31-15-20)13-17-2-1-3-19(12-17)18-8-10-33(11-9-18)26(36)25(29)35;1-7-5-3-2-4-6-7;2*1-2/h1-7,12,14-16,18,28,30H,8-11,13H2,(H2,29,35);2-6H,1H3;1-2H3;1-2H/p+1. The molecule has 244 valence electrons. The second kappa shape index (κ2) is 19.9. The number of pyridine rings is 1. The van der Waals surface area contributed by atoms with Gasteiger partial charge in [-0.2, -0.15) is 5.41 Å². The number of hydrogen-bond acceptors (Lipinski definition) is 5. The molecule has 0 atom stereocenters. The van der Waals surface area contributed by atoms with Crippen molar-refractivity contribution in [1.29, 1.82) is 5.41 Å². The number of nitrogens with zero attached hydrogens (tertiary/aromatic N) is 4. The number of aryl methyl sites for hydroxylation is 1. The normalized spacial score (nSPS) is 12.6. The molecule has 0 unspecified atom stereocenters. The minimum atomic E-state index is -0.901. The Hall–Kier alpha value is -5.33. The van der Waals surface area contributed by atoms with Gasteiger partial charge in [0.25, 0.3) is 0 Å². The molecule has 5 rings (SSSR count). The number of primary amides is 1. The van der Waals surface area contributed by atoms with Crippen LogP contribution in [0.2, 0.25) is 5.02 Å². The van der Waals surface area contributed by atoms with Crippen LogP contribution in [0.15, 0.2) is 96.3 Å². The smallest absolute Gasteiger partial charge is 0.311 e. The number of nitrogens with one attached hydrogen (secondary N) is 1. The first-order valence-corrected chi connectivity index (χ1v) is 15.6. The first-order chi connectivity index (χ1) is 22.8. The summed E-state index contributed by atoms with van der Waals surface area (Å²) in [6.45, 7) is 7.13. The summed E-state index contributed by atoms with van der Waals surface area (Å²) in [7, 11) is 0. The highest BCUT2D eigenvalue weighted by atomic mass is 35.5. The van der Waals surface area contributed by atoms with E-state index in [9.17, 15) is 9.59 Å². The first-order valence-electron chi connectivity index (χ1n) is 15.3. The van der Waals surface area contributed by atoms with E-state index in [1.807, 2.05) is 50.2 Å². The highest BCUT2D eigenvalue weighted by molar-refractivity contribution is 6.34. The van der Waals surface area contributed by atoms with Crippen LogP contribution < -0.4 is 11.6 Å². The van der Waals surface area contributed by atoms with Crippen molar-refractivity contribution < 1.29 is 14.3 Å². The Kier molecular flexibility index (Phi) is 16.1. The number of hydrogen-bond donors (Lipinski definition) is 3. The van der Waals surface area contributed by atoms with E-state index in [0.29, 0.717) is 36.1 Å². The van der Waals surface area contributed by atoms with Crippen molar-refractivity contribution in [3.8, 4) is 24.0 Å². The lowest BCUT2D eigenvalue weighted by Gasteiger charge is -2.31. The largest absolute Gasteiger partial charge is 0.361 e. The lowest BCUT2D eigenvalue weighted by molar-refractivity contribution is -0.383. The van der Waals surface area contributed by atoms with Crippen LogP contribution in [-0.2, 0) is 16.0 Å². The van der Waals surface area contributed by atoms with Gasteiger partial charge in [0.15, 0.2) is 0 Å². The van der Waals surface area contributed by atoms with Crippen molar-refractivity contribution >= 4 is 35.4 Å². The number of rotatable bonds is 6. The van der Waals surface area contributed by atoms with Gasteiger partial charge in [-0.3, -0.25) is 14.6 Å². The lowest BCUT2D eigenvalue weighted by Crippen LogP contribution is -2.44. The number of terminal acetylenes is 1. The summed E-state index contributed by atoms with van der Waals surface area (Å²) in [6.07, 6.45) is 13.1. The molecule has 0 bridgehead atoms. The number of halogens is 1. The minimum Gasteiger partial charge on any atom is -0.361 e. The molecular formula is C37H43ClN7O2+. The SMILES string of the molecule is C#C.CC.Cc1ccccc1.N=C[N+](=NN)c1ccc(Cl)cc1-c1ccc(Cc2cccc(C3CCN(C(=O)C(N)=O)CC3)c2)nc1. The molecule has 9 nitrogen and oxygen atoms in total. The fourth-order valence-electron chi connectivity index (χ4n) is 5.06. The molecule has 2 heterocycles. The number of likely N-dealkylation sites (tertiary alicyclic amines) is 1. The topological polar surface area (TPSA) is 142 Å². The molecule has 2 amide bonds. The van der Waals surface area contributed by atoms with E-state index in [1.54, 1.807) is 24.4 Å². The van der Waals surface area contributed by atoms with Crippen molar-refractivity contribution in [3.63, 3.8) is 0 Å². The Morgan fingerprint density at radius 2 is 1.70 bits per heavy atom. The van der Waals surface area contributed by atoms with Gasteiger partial charge < -0.3 is 10.6 Å². The van der Waals surface area contributed by atoms with Crippen LogP contribution in [0.3, 0.4) is 0 Å². The predicted octanol–water partition coefficient (Wildman–Crippen LogP) is 7.03. The van der Waals surface area contributed by atoms with Gasteiger partial charge in [0.1, 0.15) is 5.69 Å². The van der Waals surface area contributed by atoms with Crippen molar-refractivity contribution in [1.82, 2.24) is 9.88 Å². The van der Waals surface area contributed by atoms with Crippen LogP contribution in [0.4, 0.5) is 5.69 Å². The number of amides is 2. The first kappa shape index (κ1) is 37.9. The Balaban J connectivity index is 0.000000602. The summed E-state index contributed by atoms with van der Waals surface area (Å²) in [6, 6.07) is 27.9. The molecule has 1 aliphatic rings. The van der Waals surface area contributed by atoms with Crippen molar-refractivity contribution in [3.05, 3.63) is 119 Å². The van der Waals surface area contributed by atoms with E-state index in [2.05, 4.69) is 60.3 Å². The van der Waals surface area contributed by atoms with E-state index < -0.39 is 11.8 Å². The van der Waals surface area contributed by atoms with Crippen LogP contribution >= 0.6 is 11.6 Å². The zero-order chi connectivity index (χ0) is 34.8. The third kappa shape index (κ3) is 11.2. The van der Waals surface area contributed by atoms with E-state index >= 15 is 0 Å². The molecule has 0 aliphatic carbocycles. The Morgan fingerprint density at radius 1 is 1.02 bits per heavy atom. The van der Waals surface area contributed by atoms with Crippen LogP contribution in [0, 0.1) is 25.2 Å². The number of aromatic nitrogens is 1. The quantitative estimate of drug-likeness (QED) is 0.0300. The summed E-state index contributed by atoms with van der Waals surface area (Å²) in [5.74, 6) is 4.24. The van der Waals surface area contributed by atoms with E-state index in [0.717, 1.165) is 41.6 Å². The molecule has 1 saturated heterocycles. The molecule has 3 aromatic carbocycles. The fourth-order valence-corrected chi connectivity index (χ4v) is 5.24. The van der Waals surface area contributed by atoms with Crippen LogP contribution in [0.5, 0.6) is 0 Å². The maximum absolute atomic E-state index is 11.8. The number of piperidine rings is 1. The van der Waals surface area contributed by atoms with E-state index in [4.69, 9.17) is 28.6 Å². The summed E-state index contributed by atoms with van der Waals surface area (Å²) in [5, 5.41) is 11.7. The van der Waals surface area contributed by atoms with Crippen molar-refractivity contribution in [2.45, 2.75) is 46.0 Å². The van der Waals surface area contributed by atoms with Gasteiger partial charge in [0.05, 0.1) is 0 Å². The Morgan fingerprint density at radius 3 is 2.23 bits per heavy atom. The fraction of sp³-hybridized carbons (Fsp3) is 0.243. The van der Waals surface area contributed by atoms with E-state index in [1.165, 1.54) is 20.7 Å². The molecule has 0 radical (unpaired) electrons. The van der Waals surface area contributed by atoms with Gasteiger partial charge in [-0.1, -0.05) is 91.7 Å². The molecule has 0 spiro atoms. The zero-order valence-corrected chi connectivity index (χ0v) is 27.9. The van der Waals surface area contributed by atoms with Crippen LogP contribution in [0.25, 0.3) is 11.1 Å². The third-order valence-electron chi connectivity index (χ3n) is 7.33. The Labute approximate surface area is 282 Å². The molecule has 1 aromatic heterocycles. The number of carbonyl (C=O) groups excluding carboxylic acids is 2. The van der Waals surface area contributed by atoms with Gasteiger partial charge in [-0.25, -0.2) is 5.84 Å². The Bertz CT molecular complexity index is 1650. The molecule has 4 aromatic rings. The van der Waals surface area contributed by atoms with Gasteiger partial charge >= 0.3 is 11.8 Å². The second-order valence-electron chi connectivity index (χ2n) is 10.3. The maximum atomic E-state index is 11.8. The maximum Gasteiger partial charge on any atom is 0.311 e. The number of benzene rings is 3. The molecule has 47 heavy (non-hydrogen) atoms. The average molecular weight is 653 g/mol. The van der Waals surface area contributed by atoms with Crippen molar-refractivity contribution in [2.75, 3.05) is 13.1 Å². The summed E-state index contributed by atoms with van der Waals surface area (Å²) < 4.78 is 1.26. The van der Waals surface area contributed by atoms with E-state index in [-0.39, 0.29) is 0 Å². The predicted molar refractivity (Wildman–Crippen MR) is 189 cm³/mol. The highest BCUT2D eigenvalue weighted by Gasteiger charge is 2.26. The molecule has 10 heteroatoms. The average Bonchev–Trinajstić information content (AvgIpc) is 3.12. The van der Waals surface area contributed by atoms with Gasteiger partial charge in [0.2, 0.25) is 6.34 Å². The molecule has 5 N–H and O–H groups in total.